The summed E-state index contributed by atoms with van der Waals surface area (Å²) in [6.07, 6.45) is 0.842. The number of ether oxygens (including phenoxy) is 1. The molecule has 0 atom stereocenters. The Morgan fingerprint density at radius 3 is 2.88 bits per heavy atom. The standard InChI is InChI=1S/C12H14N2O3/c1-8-4-3-5-9(13-8)14-10(15)12(6-7-12)11(16)17-2/h3-5H,6-7H2,1-2H3,(H,13,14,15)/i1D3. The van der Waals surface area contributed by atoms with Crippen molar-refractivity contribution >= 4 is 17.7 Å². The largest absolute Gasteiger partial charge is 0.468 e. The number of rotatable bonds is 3. The van der Waals surface area contributed by atoms with Gasteiger partial charge in [-0.25, -0.2) is 4.98 Å². The Kier molecular flexibility index (Phi) is 2.01. The smallest absolute Gasteiger partial charge is 0.321 e. The van der Waals surface area contributed by atoms with Gasteiger partial charge in [-0.1, -0.05) is 6.07 Å². The van der Waals surface area contributed by atoms with Gasteiger partial charge in [0.15, 0.2) is 0 Å². The highest BCUT2D eigenvalue weighted by Crippen LogP contribution is 2.47. The first-order valence-corrected chi connectivity index (χ1v) is 5.17. The number of hydrogen-bond donors (Lipinski definition) is 1. The minimum absolute atomic E-state index is 0.110. The summed E-state index contributed by atoms with van der Waals surface area (Å²) in [5, 5.41) is 2.47. The summed E-state index contributed by atoms with van der Waals surface area (Å²) in [6, 6.07) is 4.32. The molecule has 90 valence electrons. The van der Waals surface area contributed by atoms with Gasteiger partial charge >= 0.3 is 5.97 Å². The summed E-state index contributed by atoms with van der Waals surface area (Å²) >= 11 is 0. The number of aromatic nitrogens is 1. The summed E-state index contributed by atoms with van der Waals surface area (Å²) in [5.41, 5.74) is -1.26. The average Bonchev–Trinajstić information content (AvgIpc) is 3.18. The Morgan fingerprint density at radius 1 is 1.53 bits per heavy atom. The monoisotopic (exact) mass is 237 g/mol. The third-order valence-corrected chi connectivity index (χ3v) is 2.75. The molecule has 5 heteroatoms. The molecule has 0 radical (unpaired) electrons. The molecule has 1 amide bonds. The Balaban J connectivity index is 2.15. The molecule has 2 rings (SSSR count). The Bertz CT molecular complexity index is 553. The molecule has 0 aromatic carbocycles. The van der Waals surface area contributed by atoms with E-state index < -0.39 is 24.1 Å². The maximum atomic E-state index is 12.1. The van der Waals surface area contributed by atoms with Crippen LogP contribution in [0, 0.1) is 12.3 Å². The second-order valence-corrected chi connectivity index (χ2v) is 3.94. The average molecular weight is 237 g/mol. The Morgan fingerprint density at radius 2 is 2.29 bits per heavy atom. The molecular formula is C12H14N2O3. The van der Waals surface area contributed by atoms with Gasteiger partial charge in [0, 0.05) is 9.81 Å². The van der Waals surface area contributed by atoms with Crippen LogP contribution in [0.25, 0.3) is 0 Å². The molecule has 1 aromatic rings. The summed E-state index contributed by atoms with van der Waals surface area (Å²) in [4.78, 5) is 27.5. The second kappa shape index (κ2) is 4.16. The molecule has 1 heterocycles. The van der Waals surface area contributed by atoms with Crippen molar-refractivity contribution in [1.29, 1.82) is 0 Å². The highest BCUT2D eigenvalue weighted by atomic mass is 16.5. The van der Waals surface area contributed by atoms with E-state index in [-0.39, 0.29) is 11.5 Å². The van der Waals surface area contributed by atoms with Gasteiger partial charge in [-0.2, -0.15) is 0 Å². The number of pyridine rings is 1. The number of esters is 1. The lowest BCUT2D eigenvalue weighted by atomic mass is 10.1. The zero-order valence-electron chi connectivity index (χ0n) is 12.3. The minimum atomic E-state index is -2.35. The fraction of sp³-hybridized carbons (Fsp3) is 0.417. The van der Waals surface area contributed by atoms with Crippen LogP contribution in [-0.4, -0.2) is 24.0 Å². The fourth-order valence-electron chi connectivity index (χ4n) is 1.58. The third-order valence-electron chi connectivity index (χ3n) is 2.75. The number of amides is 1. The van der Waals surface area contributed by atoms with Crippen LogP contribution in [0.1, 0.15) is 22.6 Å². The molecule has 0 bridgehead atoms. The molecule has 5 nitrogen and oxygen atoms in total. The summed E-state index contributed by atoms with van der Waals surface area (Å²) in [7, 11) is 1.23. The molecule has 1 fully saturated rings. The molecular weight excluding hydrogens is 220 g/mol. The Hall–Kier alpha value is -1.91. The number of aryl methyl sites for hydroxylation is 1. The van der Waals surface area contributed by atoms with E-state index in [1.165, 1.54) is 25.3 Å². The van der Waals surface area contributed by atoms with E-state index in [1.54, 1.807) is 0 Å². The van der Waals surface area contributed by atoms with Gasteiger partial charge in [0.2, 0.25) is 5.91 Å². The van der Waals surface area contributed by atoms with E-state index in [0.717, 1.165) is 0 Å². The van der Waals surface area contributed by atoms with E-state index in [4.69, 9.17) is 4.11 Å². The van der Waals surface area contributed by atoms with Crippen molar-refractivity contribution in [2.75, 3.05) is 12.4 Å². The molecule has 17 heavy (non-hydrogen) atoms. The number of hydrogen-bond acceptors (Lipinski definition) is 4. The number of methoxy groups -OCH3 is 1. The van der Waals surface area contributed by atoms with Crippen molar-refractivity contribution in [3.8, 4) is 0 Å². The lowest BCUT2D eigenvalue weighted by Crippen LogP contribution is -2.32. The molecule has 1 aliphatic rings. The van der Waals surface area contributed by atoms with Crippen LogP contribution in [0.2, 0.25) is 0 Å². The first-order chi connectivity index (χ1) is 9.29. The van der Waals surface area contributed by atoms with E-state index in [2.05, 4.69) is 15.0 Å². The maximum Gasteiger partial charge on any atom is 0.321 e. The van der Waals surface area contributed by atoms with Gasteiger partial charge in [-0.3, -0.25) is 9.59 Å². The normalized spacial score (nSPS) is 19.5. The zero-order chi connectivity index (χ0) is 15.0. The van der Waals surface area contributed by atoms with Crippen molar-refractivity contribution in [3.05, 3.63) is 23.9 Å². The maximum absolute atomic E-state index is 12.1. The van der Waals surface area contributed by atoms with Gasteiger partial charge in [-0.15, -0.1) is 0 Å². The van der Waals surface area contributed by atoms with Crippen molar-refractivity contribution in [2.24, 2.45) is 5.41 Å². The van der Waals surface area contributed by atoms with Crippen molar-refractivity contribution in [2.45, 2.75) is 19.7 Å². The van der Waals surface area contributed by atoms with E-state index >= 15 is 0 Å². The topological polar surface area (TPSA) is 68.3 Å². The highest BCUT2D eigenvalue weighted by Gasteiger charge is 2.57. The highest BCUT2D eigenvalue weighted by molar-refractivity contribution is 6.11. The fourth-order valence-corrected chi connectivity index (χ4v) is 1.58. The van der Waals surface area contributed by atoms with Crippen LogP contribution in [0.15, 0.2) is 18.2 Å². The van der Waals surface area contributed by atoms with Crippen LogP contribution in [0.5, 0.6) is 0 Å². The summed E-state index contributed by atoms with van der Waals surface area (Å²) in [6.45, 7) is -2.35. The molecule has 0 unspecified atom stereocenters. The molecule has 0 spiro atoms. The second-order valence-electron chi connectivity index (χ2n) is 3.94. The quantitative estimate of drug-likeness (QED) is 0.635. The van der Waals surface area contributed by atoms with Crippen molar-refractivity contribution < 1.29 is 18.4 Å². The van der Waals surface area contributed by atoms with E-state index in [0.29, 0.717) is 12.8 Å². The third kappa shape index (κ3) is 2.13. The predicted molar refractivity (Wildman–Crippen MR) is 61.3 cm³/mol. The van der Waals surface area contributed by atoms with Gasteiger partial charge in [0.1, 0.15) is 11.2 Å². The first kappa shape index (κ1) is 8.22. The van der Waals surface area contributed by atoms with Crippen LogP contribution in [0.3, 0.4) is 0 Å². The number of nitrogens with one attached hydrogen (secondary N) is 1. The molecule has 1 saturated carbocycles. The first-order valence-electron chi connectivity index (χ1n) is 6.67. The SMILES string of the molecule is [2H]C([2H])([2H])c1cccc(NC(=O)C2(C(=O)OC)CC2)n1. The van der Waals surface area contributed by atoms with Gasteiger partial charge in [-0.05, 0) is 31.8 Å². The van der Waals surface area contributed by atoms with Crippen molar-refractivity contribution in [3.63, 3.8) is 0 Å². The van der Waals surface area contributed by atoms with Crippen LogP contribution in [-0.2, 0) is 14.3 Å². The van der Waals surface area contributed by atoms with Crippen molar-refractivity contribution in [1.82, 2.24) is 4.98 Å². The minimum Gasteiger partial charge on any atom is -0.468 e. The number of carbonyl (C=O) groups excluding carboxylic acids is 2. The summed E-state index contributed by atoms with van der Waals surface area (Å²) in [5.74, 6) is -0.986. The molecule has 1 aromatic heterocycles. The van der Waals surface area contributed by atoms with E-state index in [1.807, 2.05) is 0 Å². The van der Waals surface area contributed by atoms with Gasteiger partial charge < -0.3 is 10.1 Å². The molecule has 1 aliphatic carbocycles. The number of anilines is 1. The summed E-state index contributed by atoms with van der Waals surface area (Å²) < 4.78 is 26.4. The van der Waals surface area contributed by atoms with Crippen LogP contribution < -0.4 is 5.32 Å². The predicted octanol–water partition coefficient (Wildman–Crippen LogP) is 1.28. The number of nitrogens with zero attached hydrogens (tertiary/aromatic N) is 1. The van der Waals surface area contributed by atoms with E-state index in [9.17, 15) is 9.59 Å². The molecule has 0 aliphatic heterocycles. The van der Waals surface area contributed by atoms with Crippen LogP contribution >= 0.6 is 0 Å². The number of carbonyl (C=O) groups is 2. The lowest BCUT2D eigenvalue weighted by Gasteiger charge is -2.12. The lowest BCUT2D eigenvalue weighted by molar-refractivity contribution is -0.150. The molecule has 1 N–H and O–H groups in total. The van der Waals surface area contributed by atoms with Gasteiger partial charge in [0.25, 0.3) is 0 Å². The Labute approximate surface area is 103 Å². The van der Waals surface area contributed by atoms with Gasteiger partial charge in [0.05, 0.1) is 7.11 Å². The van der Waals surface area contributed by atoms with Crippen LogP contribution in [0.4, 0.5) is 5.82 Å². The molecule has 0 saturated heterocycles. The zero-order valence-corrected chi connectivity index (χ0v) is 9.32.